The van der Waals surface area contributed by atoms with Crippen molar-refractivity contribution in [1.82, 2.24) is 10.8 Å². The second-order valence-electron chi connectivity index (χ2n) is 10.1. The van der Waals surface area contributed by atoms with Crippen molar-refractivity contribution in [3.63, 3.8) is 0 Å². The molecule has 6 nitrogen and oxygen atoms in total. The smallest absolute Gasteiger partial charge is 0.357 e. The third-order valence-electron chi connectivity index (χ3n) is 6.96. The third-order valence-corrected chi connectivity index (χ3v) is 6.96. The Hall–Kier alpha value is -3.90. The summed E-state index contributed by atoms with van der Waals surface area (Å²) >= 11 is 0. The second kappa shape index (κ2) is 13.1. The summed E-state index contributed by atoms with van der Waals surface area (Å²) in [7, 11) is 0. The lowest BCUT2D eigenvalue weighted by Gasteiger charge is -2.22. The topological polar surface area (TPSA) is 93.5 Å². The van der Waals surface area contributed by atoms with Gasteiger partial charge in [0.2, 0.25) is 0 Å². The van der Waals surface area contributed by atoms with Crippen LogP contribution >= 0.6 is 0 Å². The lowest BCUT2D eigenvalue weighted by Crippen LogP contribution is -2.46. The number of hydrogen-bond donors (Lipinski definition) is 3. The molecule has 1 atom stereocenters. The summed E-state index contributed by atoms with van der Waals surface area (Å²) < 4.78 is 0. The molecule has 3 aromatic carbocycles. The van der Waals surface area contributed by atoms with Gasteiger partial charge in [-0.3, -0.25) is 4.79 Å². The lowest BCUT2D eigenvalue weighted by molar-refractivity contribution is -0.161. The van der Waals surface area contributed by atoms with Crippen LogP contribution in [-0.2, 0) is 40.1 Å². The average molecular weight is 512 g/mol. The van der Waals surface area contributed by atoms with Crippen LogP contribution in [0.1, 0.15) is 47.9 Å². The molecule has 1 aliphatic carbocycles. The van der Waals surface area contributed by atoms with E-state index in [0.29, 0.717) is 25.0 Å². The van der Waals surface area contributed by atoms with E-state index in [4.69, 9.17) is 10.6 Å². The fourth-order valence-electron chi connectivity index (χ4n) is 4.45. The standard InChI is InChI=1S/C32H37N3O3/c1-24(29(33)22-27-14-6-3-7-15-27)34-32(20-21-32)31(37)38-35-30(36)23-28-18-16-26(17-19-28)13-9-8-12-25-10-4-2-5-11-25/h2-7,10-11,14-19,29,34H,1,8-9,12-13,20-23,33H2,(H,35,36)/t29-/m0/s1. The van der Waals surface area contributed by atoms with Gasteiger partial charge in [0.1, 0.15) is 5.54 Å². The number of rotatable bonds is 13. The van der Waals surface area contributed by atoms with Crippen LogP contribution in [0.4, 0.5) is 0 Å². The van der Waals surface area contributed by atoms with Crippen molar-refractivity contribution in [1.29, 1.82) is 0 Å². The molecule has 3 aromatic rings. The highest BCUT2D eigenvalue weighted by Gasteiger charge is 2.52. The molecular formula is C32H37N3O3. The summed E-state index contributed by atoms with van der Waals surface area (Å²) in [6.45, 7) is 4.02. The second-order valence-corrected chi connectivity index (χ2v) is 10.1. The molecule has 0 saturated heterocycles. The van der Waals surface area contributed by atoms with Crippen LogP contribution < -0.4 is 16.5 Å². The van der Waals surface area contributed by atoms with E-state index < -0.39 is 11.5 Å². The van der Waals surface area contributed by atoms with E-state index in [2.05, 4.69) is 53.8 Å². The fourth-order valence-corrected chi connectivity index (χ4v) is 4.45. The van der Waals surface area contributed by atoms with Crippen LogP contribution in [0.3, 0.4) is 0 Å². The van der Waals surface area contributed by atoms with Crippen LogP contribution in [-0.4, -0.2) is 23.5 Å². The van der Waals surface area contributed by atoms with Gasteiger partial charge in [-0.2, -0.15) is 5.48 Å². The summed E-state index contributed by atoms with van der Waals surface area (Å²) in [4.78, 5) is 30.2. The van der Waals surface area contributed by atoms with Crippen LogP contribution in [0.2, 0.25) is 0 Å². The van der Waals surface area contributed by atoms with Gasteiger partial charge < -0.3 is 15.9 Å². The van der Waals surface area contributed by atoms with Gasteiger partial charge in [-0.15, -0.1) is 0 Å². The Morgan fingerprint density at radius 1 is 0.816 bits per heavy atom. The molecule has 0 radical (unpaired) electrons. The molecule has 6 heteroatoms. The first kappa shape index (κ1) is 27.1. The maximum absolute atomic E-state index is 12.7. The Kier molecular flexibility index (Phi) is 9.33. The summed E-state index contributed by atoms with van der Waals surface area (Å²) in [6.07, 6.45) is 6.30. The molecule has 0 aliphatic heterocycles. The SMILES string of the molecule is C=C(NC1(C(=O)ONC(=O)Cc2ccc(CCCCc3ccccc3)cc2)CC1)[C@@H](N)Cc1ccccc1. The number of aryl methyl sites for hydroxylation is 2. The quantitative estimate of drug-likeness (QED) is 0.231. The average Bonchev–Trinajstić information content (AvgIpc) is 3.72. The van der Waals surface area contributed by atoms with Crippen molar-refractivity contribution >= 4 is 11.9 Å². The van der Waals surface area contributed by atoms with E-state index in [1.165, 1.54) is 11.1 Å². The van der Waals surface area contributed by atoms with Gasteiger partial charge in [-0.1, -0.05) is 91.5 Å². The molecule has 0 bridgehead atoms. The molecule has 1 fully saturated rings. The zero-order chi connectivity index (χ0) is 26.8. The Balaban J connectivity index is 1.15. The first-order chi connectivity index (χ1) is 18.4. The van der Waals surface area contributed by atoms with Crippen molar-refractivity contribution < 1.29 is 14.4 Å². The van der Waals surface area contributed by atoms with E-state index in [-0.39, 0.29) is 18.4 Å². The first-order valence-electron chi connectivity index (χ1n) is 13.3. The molecule has 0 aromatic heterocycles. The predicted molar refractivity (Wildman–Crippen MR) is 150 cm³/mol. The van der Waals surface area contributed by atoms with Gasteiger partial charge in [0.15, 0.2) is 0 Å². The molecule has 0 unspecified atom stereocenters. The van der Waals surface area contributed by atoms with Crippen molar-refractivity contribution in [3.8, 4) is 0 Å². The minimum atomic E-state index is -0.874. The van der Waals surface area contributed by atoms with E-state index in [1.54, 1.807) is 0 Å². The number of nitrogens with two attached hydrogens (primary N) is 1. The molecule has 4 rings (SSSR count). The number of carbonyl (C=O) groups excluding carboxylic acids is 2. The molecule has 1 saturated carbocycles. The van der Waals surface area contributed by atoms with Gasteiger partial charge in [-0.25, -0.2) is 4.79 Å². The van der Waals surface area contributed by atoms with Gasteiger partial charge in [-0.05, 0) is 67.2 Å². The molecule has 0 heterocycles. The molecule has 4 N–H and O–H groups in total. The van der Waals surface area contributed by atoms with Crippen LogP contribution in [0, 0.1) is 0 Å². The van der Waals surface area contributed by atoms with E-state index in [9.17, 15) is 9.59 Å². The zero-order valence-corrected chi connectivity index (χ0v) is 21.8. The zero-order valence-electron chi connectivity index (χ0n) is 21.8. The highest BCUT2D eigenvalue weighted by Crippen LogP contribution is 2.37. The van der Waals surface area contributed by atoms with Gasteiger partial charge in [0, 0.05) is 11.7 Å². The predicted octanol–water partition coefficient (Wildman–Crippen LogP) is 4.57. The normalized spacial score (nSPS) is 14.2. The van der Waals surface area contributed by atoms with Gasteiger partial charge >= 0.3 is 5.97 Å². The van der Waals surface area contributed by atoms with Gasteiger partial charge in [0.05, 0.1) is 6.42 Å². The van der Waals surface area contributed by atoms with Crippen molar-refractivity contribution in [2.24, 2.45) is 5.73 Å². The number of unbranched alkanes of at least 4 members (excludes halogenated alkanes) is 1. The maximum atomic E-state index is 12.7. The minimum Gasteiger partial charge on any atom is -0.372 e. The number of hydroxylamine groups is 1. The molecule has 38 heavy (non-hydrogen) atoms. The monoisotopic (exact) mass is 511 g/mol. The molecular weight excluding hydrogens is 474 g/mol. The summed E-state index contributed by atoms with van der Waals surface area (Å²) in [5.41, 5.74) is 12.9. The first-order valence-corrected chi connectivity index (χ1v) is 13.3. The highest BCUT2D eigenvalue weighted by atomic mass is 16.7. The highest BCUT2D eigenvalue weighted by molar-refractivity contribution is 5.86. The molecule has 198 valence electrons. The number of hydrogen-bond acceptors (Lipinski definition) is 5. The summed E-state index contributed by atoms with van der Waals surface area (Å²) in [6, 6.07) is 28.1. The van der Waals surface area contributed by atoms with Crippen molar-refractivity contribution in [3.05, 3.63) is 119 Å². The van der Waals surface area contributed by atoms with E-state index >= 15 is 0 Å². The van der Waals surface area contributed by atoms with Crippen molar-refractivity contribution in [2.75, 3.05) is 0 Å². The van der Waals surface area contributed by atoms with Crippen molar-refractivity contribution in [2.45, 2.75) is 62.9 Å². The fraction of sp³-hybridized carbons (Fsp3) is 0.312. The number of nitrogens with one attached hydrogen (secondary N) is 2. The van der Waals surface area contributed by atoms with Crippen LogP contribution in [0.25, 0.3) is 0 Å². The molecule has 1 amide bonds. The van der Waals surface area contributed by atoms with Gasteiger partial charge in [0.25, 0.3) is 5.91 Å². The Bertz CT molecular complexity index is 1210. The number of carbonyl (C=O) groups is 2. The maximum Gasteiger partial charge on any atom is 0.357 e. The number of amides is 1. The minimum absolute atomic E-state index is 0.136. The summed E-state index contributed by atoms with van der Waals surface area (Å²) in [5, 5.41) is 3.15. The number of benzene rings is 3. The molecule has 0 spiro atoms. The third kappa shape index (κ3) is 8.05. The van der Waals surface area contributed by atoms with Crippen LogP contribution in [0.5, 0.6) is 0 Å². The van der Waals surface area contributed by atoms with Crippen LogP contribution in [0.15, 0.2) is 97.2 Å². The van der Waals surface area contributed by atoms with E-state index in [0.717, 1.165) is 36.8 Å². The Morgan fingerprint density at radius 2 is 1.34 bits per heavy atom. The van der Waals surface area contributed by atoms with E-state index in [1.807, 2.05) is 48.5 Å². The molecule has 1 aliphatic rings. The largest absolute Gasteiger partial charge is 0.372 e. The lowest BCUT2D eigenvalue weighted by atomic mass is 10.0. The Morgan fingerprint density at radius 3 is 1.92 bits per heavy atom. The summed E-state index contributed by atoms with van der Waals surface area (Å²) in [5.74, 6) is -0.894. The Labute approximate surface area is 225 Å².